The molecule has 3 heteroatoms. The molecule has 0 aliphatic rings. The van der Waals surface area contributed by atoms with Crippen molar-refractivity contribution in [3.05, 3.63) is 63.6 Å². The molecule has 0 bridgehead atoms. The summed E-state index contributed by atoms with van der Waals surface area (Å²) in [4.78, 5) is 0. The number of rotatable bonds is 4. The predicted octanol–water partition coefficient (Wildman–Crippen LogP) is 6.06. The average molecular weight is 368 g/mol. The molecule has 0 saturated heterocycles. The molecule has 0 atom stereocenters. The molecule has 0 radical (unpaired) electrons. The lowest BCUT2D eigenvalue weighted by Gasteiger charge is -2.19. The topological polar surface area (TPSA) is 9.23 Å². The van der Waals surface area contributed by atoms with Crippen LogP contribution in [-0.2, 0) is 17.9 Å². The van der Waals surface area contributed by atoms with Crippen LogP contribution in [0.5, 0.6) is 5.75 Å². The van der Waals surface area contributed by atoms with E-state index in [-0.39, 0.29) is 5.41 Å². The van der Waals surface area contributed by atoms with Crippen molar-refractivity contribution in [3.8, 4) is 5.75 Å². The number of halogens is 2. The van der Waals surface area contributed by atoms with E-state index in [1.54, 1.807) is 0 Å². The zero-order chi connectivity index (χ0) is 15.5. The number of ether oxygens (including phenoxy) is 1. The molecule has 0 saturated carbocycles. The van der Waals surface area contributed by atoms with Crippen LogP contribution in [0.1, 0.15) is 37.5 Å². The Kier molecular flexibility index (Phi) is 5.34. The monoisotopic (exact) mass is 366 g/mol. The smallest absolute Gasteiger partial charge is 0.134 e. The minimum atomic E-state index is 0.180. The van der Waals surface area contributed by atoms with Crippen molar-refractivity contribution >= 4 is 27.5 Å². The third-order valence-corrected chi connectivity index (χ3v) is 4.29. The van der Waals surface area contributed by atoms with Gasteiger partial charge in [-0.15, -0.1) is 11.6 Å². The van der Waals surface area contributed by atoms with Crippen LogP contribution in [0.4, 0.5) is 0 Å². The molecule has 0 unspecified atom stereocenters. The maximum Gasteiger partial charge on any atom is 0.134 e. The van der Waals surface area contributed by atoms with E-state index >= 15 is 0 Å². The predicted molar refractivity (Wildman–Crippen MR) is 93.2 cm³/mol. The quantitative estimate of drug-likeness (QED) is 0.596. The highest BCUT2D eigenvalue weighted by atomic mass is 79.9. The van der Waals surface area contributed by atoms with Gasteiger partial charge in [0.25, 0.3) is 0 Å². The van der Waals surface area contributed by atoms with E-state index < -0.39 is 0 Å². The molecule has 0 amide bonds. The van der Waals surface area contributed by atoms with Crippen molar-refractivity contribution in [1.82, 2.24) is 0 Å². The van der Waals surface area contributed by atoms with E-state index in [2.05, 4.69) is 61.0 Å². The molecule has 0 aliphatic carbocycles. The second-order valence-electron chi connectivity index (χ2n) is 6.13. The van der Waals surface area contributed by atoms with Crippen LogP contribution in [0, 0.1) is 0 Å². The van der Waals surface area contributed by atoms with E-state index in [4.69, 9.17) is 16.3 Å². The maximum atomic E-state index is 5.86. The molecule has 0 fully saturated rings. The Morgan fingerprint density at radius 2 is 1.62 bits per heavy atom. The number of hydrogen-bond donors (Lipinski definition) is 0. The summed E-state index contributed by atoms with van der Waals surface area (Å²) in [6, 6.07) is 14.5. The van der Waals surface area contributed by atoms with Gasteiger partial charge in [0.1, 0.15) is 12.4 Å². The first kappa shape index (κ1) is 16.4. The summed E-state index contributed by atoms with van der Waals surface area (Å²) in [6.45, 7) is 7.21. The molecule has 0 aromatic heterocycles. The Hall–Kier alpha value is -0.990. The van der Waals surface area contributed by atoms with Gasteiger partial charge >= 0.3 is 0 Å². The van der Waals surface area contributed by atoms with Gasteiger partial charge in [-0.25, -0.2) is 0 Å². The van der Waals surface area contributed by atoms with Crippen molar-refractivity contribution < 1.29 is 4.74 Å². The van der Waals surface area contributed by atoms with Gasteiger partial charge in [-0.3, -0.25) is 0 Å². The van der Waals surface area contributed by atoms with Crippen LogP contribution >= 0.6 is 27.5 Å². The summed E-state index contributed by atoms with van der Waals surface area (Å²) in [5.74, 6) is 1.34. The maximum absolute atomic E-state index is 5.86. The van der Waals surface area contributed by atoms with Gasteiger partial charge in [0.05, 0.1) is 4.47 Å². The molecule has 21 heavy (non-hydrogen) atoms. The zero-order valence-corrected chi connectivity index (χ0v) is 15.0. The van der Waals surface area contributed by atoms with Crippen molar-refractivity contribution in [1.29, 1.82) is 0 Å². The van der Waals surface area contributed by atoms with Crippen LogP contribution in [0.3, 0.4) is 0 Å². The fourth-order valence-corrected chi connectivity index (χ4v) is 2.71. The van der Waals surface area contributed by atoms with Crippen LogP contribution in [0.15, 0.2) is 46.9 Å². The third kappa shape index (κ3) is 4.49. The van der Waals surface area contributed by atoms with Crippen LogP contribution in [0.2, 0.25) is 0 Å². The van der Waals surface area contributed by atoms with Gasteiger partial charge in [0, 0.05) is 5.88 Å². The highest BCUT2D eigenvalue weighted by Crippen LogP contribution is 2.28. The molecule has 112 valence electrons. The summed E-state index contributed by atoms with van der Waals surface area (Å²) in [5.41, 5.74) is 3.75. The molecular weight excluding hydrogens is 348 g/mol. The highest BCUT2D eigenvalue weighted by molar-refractivity contribution is 9.10. The minimum Gasteiger partial charge on any atom is -0.488 e. The largest absolute Gasteiger partial charge is 0.488 e. The van der Waals surface area contributed by atoms with Gasteiger partial charge in [-0.05, 0) is 50.2 Å². The van der Waals surface area contributed by atoms with E-state index in [0.29, 0.717) is 12.5 Å². The number of benzene rings is 2. The first-order chi connectivity index (χ1) is 9.90. The summed E-state index contributed by atoms with van der Waals surface area (Å²) in [5, 5.41) is 0. The Morgan fingerprint density at radius 3 is 2.14 bits per heavy atom. The average Bonchev–Trinajstić information content (AvgIpc) is 2.45. The van der Waals surface area contributed by atoms with Crippen LogP contribution in [-0.4, -0.2) is 0 Å². The number of hydrogen-bond acceptors (Lipinski definition) is 1. The summed E-state index contributed by atoms with van der Waals surface area (Å²) >= 11 is 9.33. The molecule has 2 aromatic carbocycles. The van der Waals surface area contributed by atoms with E-state index in [1.807, 2.05) is 18.2 Å². The first-order valence-electron chi connectivity index (χ1n) is 6.97. The molecule has 2 aromatic rings. The third-order valence-electron chi connectivity index (χ3n) is 3.36. The Bertz CT molecular complexity index is 600. The van der Waals surface area contributed by atoms with Crippen LogP contribution in [0.25, 0.3) is 0 Å². The highest BCUT2D eigenvalue weighted by Gasteiger charge is 2.12. The fraction of sp³-hybridized carbons (Fsp3) is 0.333. The molecule has 0 heterocycles. The molecule has 0 N–H and O–H groups in total. The van der Waals surface area contributed by atoms with Gasteiger partial charge in [0.2, 0.25) is 0 Å². The van der Waals surface area contributed by atoms with Gasteiger partial charge in [0.15, 0.2) is 0 Å². The molecule has 2 rings (SSSR count). The molecule has 1 nitrogen and oxygen atoms in total. The molecular formula is C18H20BrClO. The lowest BCUT2D eigenvalue weighted by Crippen LogP contribution is -2.10. The molecule has 0 spiro atoms. The fourth-order valence-electron chi connectivity index (χ4n) is 2.01. The Labute approximate surface area is 140 Å². The lowest BCUT2D eigenvalue weighted by atomic mass is 9.87. The van der Waals surface area contributed by atoms with Crippen molar-refractivity contribution in [3.63, 3.8) is 0 Å². The van der Waals surface area contributed by atoms with E-state index in [1.165, 1.54) is 5.56 Å². The van der Waals surface area contributed by atoms with E-state index in [9.17, 15) is 0 Å². The van der Waals surface area contributed by atoms with Gasteiger partial charge in [-0.2, -0.15) is 0 Å². The van der Waals surface area contributed by atoms with Crippen LogP contribution < -0.4 is 4.74 Å². The van der Waals surface area contributed by atoms with Crippen molar-refractivity contribution in [2.24, 2.45) is 0 Å². The summed E-state index contributed by atoms with van der Waals surface area (Å²) < 4.78 is 6.79. The summed E-state index contributed by atoms with van der Waals surface area (Å²) in [6.07, 6.45) is 0. The second kappa shape index (κ2) is 6.85. The minimum absolute atomic E-state index is 0.180. The molecule has 0 aliphatic heterocycles. The summed E-state index contributed by atoms with van der Waals surface area (Å²) in [7, 11) is 0. The Balaban J connectivity index is 2.03. The van der Waals surface area contributed by atoms with Crippen molar-refractivity contribution in [2.45, 2.75) is 38.7 Å². The first-order valence-corrected chi connectivity index (χ1v) is 8.29. The second-order valence-corrected chi connectivity index (χ2v) is 7.26. The zero-order valence-electron chi connectivity index (χ0n) is 12.6. The van der Waals surface area contributed by atoms with Crippen molar-refractivity contribution in [2.75, 3.05) is 0 Å². The van der Waals surface area contributed by atoms with Gasteiger partial charge in [-0.1, -0.05) is 51.1 Å². The Morgan fingerprint density at radius 1 is 1.00 bits per heavy atom. The standard InChI is InChI=1S/C18H20BrClO/c1-18(2,3)15-7-4-13(5-8-15)12-21-17-9-6-14(11-20)10-16(17)19/h4-10H,11-12H2,1-3H3. The lowest BCUT2D eigenvalue weighted by molar-refractivity contribution is 0.304. The normalized spacial score (nSPS) is 11.5. The van der Waals surface area contributed by atoms with E-state index in [0.717, 1.165) is 21.3 Å². The number of alkyl halides is 1. The SMILES string of the molecule is CC(C)(C)c1ccc(COc2ccc(CCl)cc2Br)cc1. The van der Waals surface area contributed by atoms with Gasteiger partial charge < -0.3 is 4.74 Å².